The van der Waals surface area contributed by atoms with Crippen LogP contribution in [-0.2, 0) is 32.0 Å². The smallest absolute Gasteiger partial charge is 0.411 e. The van der Waals surface area contributed by atoms with Crippen LogP contribution in [0.1, 0.15) is 64.3 Å². The molecule has 0 unspecified atom stereocenters. The van der Waals surface area contributed by atoms with Crippen molar-refractivity contribution in [2.24, 2.45) is 5.92 Å². The number of nitrogens with zero attached hydrogens (tertiary/aromatic N) is 2. The van der Waals surface area contributed by atoms with Gasteiger partial charge in [0.2, 0.25) is 0 Å². The maximum absolute atomic E-state index is 15.4. The zero-order valence-electron chi connectivity index (χ0n) is 25.0. The summed E-state index contributed by atoms with van der Waals surface area (Å²) in [5.41, 5.74) is -1.19. The van der Waals surface area contributed by atoms with Gasteiger partial charge in [0.1, 0.15) is 11.3 Å². The molecule has 0 saturated heterocycles. The zero-order chi connectivity index (χ0) is 30.3. The Morgan fingerprint density at radius 1 is 1.12 bits per heavy atom. The van der Waals surface area contributed by atoms with Crippen LogP contribution in [0.15, 0.2) is 54.7 Å². The summed E-state index contributed by atoms with van der Waals surface area (Å²) in [6.07, 6.45) is 3.36. The molecule has 1 N–H and O–H groups in total. The van der Waals surface area contributed by atoms with Gasteiger partial charge < -0.3 is 19.3 Å². The maximum atomic E-state index is 15.4. The van der Waals surface area contributed by atoms with Crippen LogP contribution in [0.5, 0.6) is 0 Å². The molecular formula is C32H43FN2O6. The second-order valence-corrected chi connectivity index (χ2v) is 12.2. The number of hydrogen-bond donors (Lipinski definition) is 1. The fraction of sp³-hybridized carbons (Fsp3) is 0.531. The number of amides is 1. The van der Waals surface area contributed by atoms with E-state index in [4.69, 9.17) is 14.2 Å². The summed E-state index contributed by atoms with van der Waals surface area (Å²) in [6.45, 7) is 9.07. The van der Waals surface area contributed by atoms with E-state index in [0.29, 0.717) is 18.9 Å². The Bertz CT molecular complexity index is 1190. The molecule has 1 aromatic carbocycles. The fourth-order valence-corrected chi connectivity index (χ4v) is 5.10. The zero-order valence-corrected chi connectivity index (χ0v) is 25.0. The number of rotatable bonds is 12. The molecule has 2 atom stereocenters. The minimum atomic E-state index is -2.00. The van der Waals surface area contributed by atoms with Crippen LogP contribution >= 0.6 is 0 Å². The summed E-state index contributed by atoms with van der Waals surface area (Å²) < 4.78 is 32.4. The second-order valence-electron chi connectivity index (χ2n) is 12.2. The van der Waals surface area contributed by atoms with E-state index in [2.05, 4.69) is 4.98 Å². The minimum Gasteiger partial charge on any atom is -0.479 e. The molecule has 1 aliphatic heterocycles. The van der Waals surface area contributed by atoms with Gasteiger partial charge >= 0.3 is 12.1 Å². The summed E-state index contributed by atoms with van der Waals surface area (Å²) in [6, 6.07) is 13.3. The van der Waals surface area contributed by atoms with E-state index in [1.165, 1.54) is 20.9 Å². The van der Waals surface area contributed by atoms with Crippen LogP contribution in [0.2, 0.25) is 0 Å². The Labute approximate surface area is 242 Å². The lowest BCUT2D eigenvalue weighted by Gasteiger charge is -2.45. The molecule has 0 aliphatic carbocycles. The van der Waals surface area contributed by atoms with E-state index in [1.54, 1.807) is 27.0 Å². The first-order valence-electron chi connectivity index (χ1n) is 13.9. The van der Waals surface area contributed by atoms with Crippen LogP contribution in [0.4, 0.5) is 9.18 Å². The van der Waals surface area contributed by atoms with Gasteiger partial charge in [-0.25, -0.2) is 14.0 Å². The van der Waals surface area contributed by atoms with Crippen LogP contribution in [0.25, 0.3) is 5.57 Å². The Kier molecular flexibility index (Phi) is 10.7. The molecule has 1 aromatic heterocycles. The molecule has 1 amide bonds. The highest BCUT2D eigenvalue weighted by molar-refractivity contribution is 5.85. The summed E-state index contributed by atoms with van der Waals surface area (Å²) in [4.78, 5) is 32.2. The summed E-state index contributed by atoms with van der Waals surface area (Å²) >= 11 is 0. The number of alkyl halides is 1. The predicted octanol–water partition coefficient (Wildman–Crippen LogP) is 6.09. The Morgan fingerprint density at radius 3 is 2.37 bits per heavy atom. The van der Waals surface area contributed by atoms with E-state index in [0.717, 1.165) is 28.0 Å². The quantitative estimate of drug-likeness (QED) is 0.330. The highest BCUT2D eigenvalue weighted by Gasteiger charge is 2.55. The van der Waals surface area contributed by atoms with Crippen LogP contribution < -0.4 is 0 Å². The predicted molar refractivity (Wildman–Crippen MR) is 155 cm³/mol. The molecule has 0 spiro atoms. The number of benzene rings is 1. The van der Waals surface area contributed by atoms with Crippen molar-refractivity contribution in [2.45, 2.75) is 77.3 Å². The summed E-state index contributed by atoms with van der Waals surface area (Å²) in [5, 5.41) is 10.8. The Balaban J connectivity index is 2.01. The van der Waals surface area contributed by atoms with Gasteiger partial charge in [0.05, 0.1) is 26.4 Å². The molecule has 0 fully saturated rings. The molecule has 0 saturated carbocycles. The number of likely N-dealkylation sites (N-methyl/N-ethyl adjacent to an activating group) is 1. The van der Waals surface area contributed by atoms with E-state index in [1.807, 2.05) is 48.5 Å². The average molecular weight is 571 g/mol. The van der Waals surface area contributed by atoms with Gasteiger partial charge in [-0.05, 0) is 70.2 Å². The SMILES string of the molecule is CN(C(=O)OC(C)(C)C)[C@](CC(C)(C)F)(C(=O)O)[C@H](COCc1ccccc1)Cc1ccc(C2=CCOCC2)cn1. The van der Waals surface area contributed by atoms with E-state index < -0.39 is 41.2 Å². The van der Waals surface area contributed by atoms with Gasteiger partial charge in [0, 0.05) is 31.3 Å². The third kappa shape index (κ3) is 9.10. The van der Waals surface area contributed by atoms with E-state index >= 15 is 4.39 Å². The standard InChI is InChI=1S/C32H43FN2O6/c1-30(2,3)41-29(38)35(6)32(28(36)37,22-31(4,5)33)26(21-40-20-23-10-8-7-9-11-23)18-27-13-12-25(19-34-27)24-14-16-39-17-15-24/h7-14,19,26H,15-18,20-22H2,1-6H3,(H,36,37)/t26-,32-/m0/s1. The third-order valence-corrected chi connectivity index (χ3v) is 7.05. The van der Waals surface area contributed by atoms with Gasteiger partial charge in [0.25, 0.3) is 0 Å². The third-order valence-electron chi connectivity index (χ3n) is 7.05. The number of carboxylic acids is 1. The van der Waals surface area contributed by atoms with Gasteiger partial charge in [-0.15, -0.1) is 0 Å². The number of pyridine rings is 1. The van der Waals surface area contributed by atoms with Crippen molar-refractivity contribution < 1.29 is 33.3 Å². The molecule has 2 heterocycles. The lowest BCUT2D eigenvalue weighted by molar-refractivity contribution is -0.160. The van der Waals surface area contributed by atoms with Gasteiger partial charge in [-0.2, -0.15) is 0 Å². The van der Waals surface area contributed by atoms with Crippen molar-refractivity contribution in [3.8, 4) is 0 Å². The number of ether oxygens (including phenoxy) is 3. The number of aliphatic carboxylic acids is 1. The molecule has 224 valence electrons. The van der Waals surface area contributed by atoms with E-state index in [9.17, 15) is 14.7 Å². The molecule has 8 nitrogen and oxygen atoms in total. The van der Waals surface area contributed by atoms with E-state index in [-0.39, 0.29) is 19.6 Å². The van der Waals surface area contributed by atoms with Crippen molar-refractivity contribution in [1.29, 1.82) is 0 Å². The Morgan fingerprint density at radius 2 is 1.83 bits per heavy atom. The first kappa shape index (κ1) is 32.2. The normalized spacial score (nSPS) is 16.3. The number of aromatic nitrogens is 1. The minimum absolute atomic E-state index is 0.0592. The van der Waals surface area contributed by atoms with Crippen molar-refractivity contribution in [2.75, 3.05) is 26.9 Å². The molecule has 41 heavy (non-hydrogen) atoms. The largest absolute Gasteiger partial charge is 0.479 e. The van der Waals surface area contributed by atoms with Crippen molar-refractivity contribution in [3.05, 3.63) is 71.6 Å². The van der Waals surface area contributed by atoms with Crippen LogP contribution in [-0.4, -0.2) is 70.7 Å². The second kappa shape index (κ2) is 13.6. The van der Waals surface area contributed by atoms with Gasteiger partial charge in [-0.1, -0.05) is 42.5 Å². The highest BCUT2D eigenvalue weighted by atomic mass is 19.1. The van der Waals surface area contributed by atoms with Crippen molar-refractivity contribution >= 4 is 17.6 Å². The lowest BCUT2D eigenvalue weighted by Crippen LogP contribution is -2.64. The average Bonchev–Trinajstić information content (AvgIpc) is 2.90. The highest BCUT2D eigenvalue weighted by Crippen LogP contribution is 2.38. The van der Waals surface area contributed by atoms with Crippen LogP contribution in [0, 0.1) is 5.92 Å². The molecule has 0 radical (unpaired) electrons. The fourth-order valence-electron chi connectivity index (χ4n) is 5.10. The summed E-state index contributed by atoms with van der Waals surface area (Å²) in [7, 11) is 1.35. The molecule has 1 aliphatic rings. The van der Waals surface area contributed by atoms with Gasteiger partial charge in [0.15, 0.2) is 5.54 Å². The number of halogens is 1. The van der Waals surface area contributed by atoms with Crippen LogP contribution in [0.3, 0.4) is 0 Å². The monoisotopic (exact) mass is 570 g/mol. The van der Waals surface area contributed by atoms with Gasteiger partial charge in [-0.3, -0.25) is 9.88 Å². The number of carbonyl (C=O) groups is 2. The maximum Gasteiger partial charge on any atom is 0.411 e. The first-order valence-corrected chi connectivity index (χ1v) is 13.9. The number of carboxylic acid groups (broad SMARTS) is 1. The van der Waals surface area contributed by atoms with Crippen molar-refractivity contribution in [3.63, 3.8) is 0 Å². The molecule has 3 rings (SSSR count). The molecule has 2 aromatic rings. The topological polar surface area (TPSA) is 98.2 Å². The number of hydrogen-bond acceptors (Lipinski definition) is 6. The molecular weight excluding hydrogens is 527 g/mol. The van der Waals surface area contributed by atoms with Crippen molar-refractivity contribution in [1.82, 2.24) is 9.88 Å². The Hall–Kier alpha value is -3.30. The molecule has 0 bridgehead atoms. The molecule has 9 heteroatoms. The lowest BCUT2D eigenvalue weighted by atomic mass is 9.73. The first-order chi connectivity index (χ1) is 19.2. The summed E-state index contributed by atoms with van der Waals surface area (Å²) in [5.74, 6) is -2.20. The number of carbonyl (C=O) groups excluding carboxylic acids is 1.